The van der Waals surface area contributed by atoms with Crippen molar-refractivity contribution < 1.29 is 8.81 Å². The summed E-state index contributed by atoms with van der Waals surface area (Å²) in [7, 11) is 0. The van der Waals surface area contributed by atoms with Gasteiger partial charge in [0.1, 0.15) is 17.2 Å². The summed E-state index contributed by atoms with van der Waals surface area (Å²) in [6, 6.07) is 10.5. The van der Waals surface area contributed by atoms with Crippen LogP contribution in [-0.2, 0) is 0 Å². The molecule has 1 aromatic heterocycles. The van der Waals surface area contributed by atoms with E-state index in [0.29, 0.717) is 11.3 Å². The number of halogens is 1. The fourth-order valence-electron chi connectivity index (χ4n) is 2.86. The highest BCUT2D eigenvalue weighted by Crippen LogP contribution is 2.32. The summed E-state index contributed by atoms with van der Waals surface area (Å²) in [6.45, 7) is 6.05. The van der Waals surface area contributed by atoms with E-state index < -0.39 is 0 Å². The SMILES string of the molecule is Cc1cc(C)cc(C(N)c2oc3cc(F)ccc3c2C)c1. The molecule has 0 fully saturated rings. The largest absolute Gasteiger partial charge is 0.459 e. The molecule has 1 atom stereocenters. The van der Waals surface area contributed by atoms with Gasteiger partial charge in [0.05, 0.1) is 6.04 Å². The van der Waals surface area contributed by atoms with Crippen molar-refractivity contribution in [3.05, 3.63) is 70.2 Å². The molecule has 1 heterocycles. The monoisotopic (exact) mass is 283 g/mol. The highest BCUT2D eigenvalue weighted by Gasteiger charge is 2.19. The predicted molar refractivity (Wildman–Crippen MR) is 82.9 cm³/mol. The first-order valence-electron chi connectivity index (χ1n) is 6.98. The molecule has 2 N–H and O–H groups in total. The van der Waals surface area contributed by atoms with Gasteiger partial charge in [0.2, 0.25) is 0 Å². The van der Waals surface area contributed by atoms with Gasteiger partial charge in [-0.1, -0.05) is 29.3 Å². The third kappa shape index (κ3) is 2.45. The molecule has 2 aromatic carbocycles. The molecule has 1 unspecified atom stereocenters. The lowest BCUT2D eigenvalue weighted by molar-refractivity contribution is 0.518. The number of nitrogens with two attached hydrogens (primary N) is 1. The van der Waals surface area contributed by atoms with Crippen LogP contribution in [0.15, 0.2) is 40.8 Å². The Morgan fingerprint density at radius 3 is 2.33 bits per heavy atom. The van der Waals surface area contributed by atoms with E-state index in [1.807, 2.05) is 20.8 Å². The number of hydrogen-bond donors (Lipinski definition) is 1. The van der Waals surface area contributed by atoms with Crippen LogP contribution in [0.5, 0.6) is 0 Å². The molecule has 3 aromatic rings. The van der Waals surface area contributed by atoms with Gasteiger partial charge in [-0.3, -0.25) is 0 Å². The van der Waals surface area contributed by atoms with E-state index in [1.165, 1.54) is 23.3 Å². The fraction of sp³-hybridized carbons (Fsp3) is 0.222. The predicted octanol–water partition coefficient (Wildman–Crippen LogP) is 4.55. The first kappa shape index (κ1) is 13.8. The molecule has 2 nitrogen and oxygen atoms in total. The Kier molecular flexibility index (Phi) is 3.30. The van der Waals surface area contributed by atoms with Crippen LogP contribution in [0, 0.1) is 26.6 Å². The van der Waals surface area contributed by atoms with Crippen LogP contribution in [-0.4, -0.2) is 0 Å². The minimum atomic E-state index is -0.348. The molecule has 0 saturated heterocycles. The normalized spacial score (nSPS) is 12.8. The summed E-state index contributed by atoms with van der Waals surface area (Å²) in [4.78, 5) is 0. The highest BCUT2D eigenvalue weighted by atomic mass is 19.1. The molecule has 0 aliphatic heterocycles. The van der Waals surface area contributed by atoms with Gasteiger partial charge in [-0.05, 0) is 38.5 Å². The van der Waals surface area contributed by atoms with E-state index in [9.17, 15) is 4.39 Å². The Hall–Kier alpha value is -2.13. The molecule has 0 radical (unpaired) electrons. The maximum absolute atomic E-state index is 13.3. The van der Waals surface area contributed by atoms with Crippen molar-refractivity contribution in [2.24, 2.45) is 5.73 Å². The molecule has 0 saturated carbocycles. The molecule has 0 amide bonds. The zero-order chi connectivity index (χ0) is 15.1. The van der Waals surface area contributed by atoms with Crippen LogP contribution in [0.25, 0.3) is 11.0 Å². The van der Waals surface area contributed by atoms with E-state index in [2.05, 4.69) is 18.2 Å². The van der Waals surface area contributed by atoms with Crippen molar-refractivity contribution in [2.45, 2.75) is 26.8 Å². The molecule has 108 valence electrons. The molecule has 0 spiro atoms. The second-order valence-electron chi connectivity index (χ2n) is 5.63. The Balaban J connectivity index is 2.12. The second-order valence-corrected chi connectivity index (χ2v) is 5.63. The average Bonchev–Trinajstić information content (AvgIpc) is 2.73. The molecule has 0 bridgehead atoms. The van der Waals surface area contributed by atoms with Gasteiger partial charge in [-0.25, -0.2) is 4.39 Å². The third-order valence-corrected chi connectivity index (χ3v) is 3.82. The molecule has 21 heavy (non-hydrogen) atoms. The zero-order valence-electron chi connectivity index (χ0n) is 12.4. The maximum Gasteiger partial charge on any atom is 0.137 e. The van der Waals surface area contributed by atoms with E-state index in [4.69, 9.17) is 10.2 Å². The fourth-order valence-corrected chi connectivity index (χ4v) is 2.86. The van der Waals surface area contributed by atoms with Crippen LogP contribution in [0.1, 0.15) is 34.1 Å². The standard InChI is InChI=1S/C18H18FNO/c1-10-6-11(2)8-13(7-10)17(20)18-12(3)15-5-4-14(19)9-16(15)21-18/h4-9,17H,20H2,1-3H3. The lowest BCUT2D eigenvalue weighted by Gasteiger charge is -2.12. The van der Waals surface area contributed by atoms with Crippen LogP contribution >= 0.6 is 0 Å². The van der Waals surface area contributed by atoms with Crippen molar-refractivity contribution in [1.82, 2.24) is 0 Å². The minimum absolute atomic E-state index is 0.303. The van der Waals surface area contributed by atoms with E-state index in [0.717, 1.165) is 16.5 Å². The van der Waals surface area contributed by atoms with Gasteiger partial charge in [0.15, 0.2) is 0 Å². The average molecular weight is 283 g/mol. The lowest BCUT2D eigenvalue weighted by atomic mass is 9.98. The Bertz CT molecular complexity index is 799. The summed E-state index contributed by atoms with van der Waals surface area (Å²) in [5.74, 6) is 0.392. The summed E-state index contributed by atoms with van der Waals surface area (Å²) < 4.78 is 19.1. The Morgan fingerprint density at radius 1 is 1.00 bits per heavy atom. The Labute approximate surface area is 123 Å². The topological polar surface area (TPSA) is 39.2 Å². The van der Waals surface area contributed by atoms with E-state index in [-0.39, 0.29) is 11.9 Å². The van der Waals surface area contributed by atoms with Gasteiger partial charge in [-0.15, -0.1) is 0 Å². The van der Waals surface area contributed by atoms with Gasteiger partial charge in [0, 0.05) is 17.0 Å². The number of hydrogen-bond acceptors (Lipinski definition) is 2. The van der Waals surface area contributed by atoms with Crippen molar-refractivity contribution in [3.63, 3.8) is 0 Å². The van der Waals surface area contributed by atoms with Crippen LogP contribution < -0.4 is 5.73 Å². The van der Waals surface area contributed by atoms with Crippen molar-refractivity contribution in [1.29, 1.82) is 0 Å². The zero-order valence-corrected chi connectivity index (χ0v) is 12.4. The lowest BCUT2D eigenvalue weighted by Crippen LogP contribution is -2.12. The van der Waals surface area contributed by atoms with Crippen LogP contribution in [0.3, 0.4) is 0 Å². The summed E-state index contributed by atoms with van der Waals surface area (Å²) in [5.41, 5.74) is 11.2. The summed E-state index contributed by atoms with van der Waals surface area (Å²) >= 11 is 0. The van der Waals surface area contributed by atoms with Crippen LogP contribution in [0.2, 0.25) is 0 Å². The van der Waals surface area contributed by atoms with Crippen molar-refractivity contribution >= 4 is 11.0 Å². The van der Waals surface area contributed by atoms with Gasteiger partial charge >= 0.3 is 0 Å². The van der Waals surface area contributed by atoms with Crippen LogP contribution in [0.4, 0.5) is 4.39 Å². The smallest absolute Gasteiger partial charge is 0.137 e. The number of rotatable bonds is 2. The Morgan fingerprint density at radius 2 is 1.67 bits per heavy atom. The van der Waals surface area contributed by atoms with Crippen molar-refractivity contribution in [3.8, 4) is 0 Å². The summed E-state index contributed by atoms with van der Waals surface area (Å²) in [5, 5.41) is 0.909. The second kappa shape index (κ2) is 5.01. The number of fused-ring (bicyclic) bond motifs is 1. The molecule has 0 aliphatic carbocycles. The molecule has 3 rings (SSSR count). The number of furan rings is 1. The molecule has 0 aliphatic rings. The molecule has 3 heteroatoms. The van der Waals surface area contributed by atoms with Gasteiger partial charge in [-0.2, -0.15) is 0 Å². The maximum atomic E-state index is 13.3. The highest BCUT2D eigenvalue weighted by molar-refractivity contribution is 5.82. The van der Waals surface area contributed by atoms with E-state index >= 15 is 0 Å². The molecular formula is C18H18FNO. The molecular weight excluding hydrogens is 265 g/mol. The quantitative estimate of drug-likeness (QED) is 0.749. The van der Waals surface area contributed by atoms with Gasteiger partial charge < -0.3 is 10.2 Å². The third-order valence-electron chi connectivity index (χ3n) is 3.82. The van der Waals surface area contributed by atoms with E-state index in [1.54, 1.807) is 6.07 Å². The number of aryl methyl sites for hydroxylation is 3. The summed E-state index contributed by atoms with van der Waals surface area (Å²) in [6.07, 6.45) is 0. The number of benzene rings is 2. The first-order chi connectivity index (χ1) is 9.95. The van der Waals surface area contributed by atoms with Crippen molar-refractivity contribution in [2.75, 3.05) is 0 Å². The minimum Gasteiger partial charge on any atom is -0.459 e. The first-order valence-corrected chi connectivity index (χ1v) is 6.98. The van der Waals surface area contributed by atoms with Gasteiger partial charge in [0.25, 0.3) is 0 Å².